The van der Waals surface area contributed by atoms with Crippen molar-refractivity contribution in [3.8, 4) is 11.3 Å². The highest BCUT2D eigenvalue weighted by Crippen LogP contribution is 2.28. The van der Waals surface area contributed by atoms with Crippen molar-refractivity contribution in [3.63, 3.8) is 0 Å². The zero-order valence-electron chi connectivity index (χ0n) is 15.3. The van der Waals surface area contributed by atoms with Gasteiger partial charge in [-0.05, 0) is 43.7 Å². The predicted molar refractivity (Wildman–Crippen MR) is 108 cm³/mol. The Balaban J connectivity index is 1.90. The second-order valence-corrected chi connectivity index (χ2v) is 6.63. The van der Waals surface area contributed by atoms with Gasteiger partial charge < -0.3 is 0 Å². The maximum atomic E-state index is 12.1. The van der Waals surface area contributed by atoms with Gasteiger partial charge in [-0.1, -0.05) is 42.5 Å². The van der Waals surface area contributed by atoms with Crippen molar-refractivity contribution >= 4 is 17.7 Å². The molecule has 0 saturated heterocycles. The summed E-state index contributed by atoms with van der Waals surface area (Å²) in [4.78, 5) is 12.1. The lowest BCUT2D eigenvalue weighted by atomic mass is 10.1. The number of fused-ring (bicyclic) bond motifs is 1. The summed E-state index contributed by atoms with van der Waals surface area (Å²) in [7, 11) is 0. The van der Waals surface area contributed by atoms with Gasteiger partial charge >= 0.3 is 0 Å². The summed E-state index contributed by atoms with van der Waals surface area (Å²) in [6.07, 6.45) is 5.94. The molecule has 3 aromatic heterocycles. The highest BCUT2D eigenvalue weighted by atomic mass is 16.1. The molecule has 0 N–H and O–H groups in total. The molecule has 0 atom stereocenters. The van der Waals surface area contributed by atoms with Crippen molar-refractivity contribution in [3.05, 3.63) is 88.5 Å². The third-order valence-electron chi connectivity index (χ3n) is 4.37. The van der Waals surface area contributed by atoms with Crippen molar-refractivity contribution < 1.29 is 0 Å². The second kappa shape index (κ2) is 7.03. The minimum Gasteiger partial charge on any atom is -0.268 e. The van der Waals surface area contributed by atoms with E-state index in [0.717, 1.165) is 28.0 Å². The van der Waals surface area contributed by atoms with E-state index in [4.69, 9.17) is 5.10 Å². The van der Waals surface area contributed by atoms with Crippen LogP contribution in [0.3, 0.4) is 0 Å². The van der Waals surface area contributed by atoms with Crippen LogP contribution in [0, 0.1) is 0 Å². The Bertz CT molecular complexity index is 1170. The van der Waals surface area contributed by atoms with Gasteiger partial charge in [0.1, 0.15) is 0 Å². The molecule has 5 nitrogen and oxygen atoms in total. The summed E-state index contributed by atoms with van der Waals surface area (Å²) < 4.78 is 3.35. The summed E-state index contributed by atoms with van der Waals surface area (Å²) in [5, 5.41) is 9.30. The molecule has 0 aliphatic carbocycles. The summed E-state index contributed by atoms with van der Waals surface area (Å²) in [6, 6.07) is 19.3. The number of nitrogens with zero attached hydrogens (tertiary/aromatic N) is 4. The van der Waals surface area contributed by atoms with Crippen LogP contribution in [0.25, 0.3) is 28.9 Å². The Labute approximate surface area is 157 Å². The van der Waals surface area contributed by atoms with Crippen LogP contribution in [0.4, 0.5) is 0 Å². The smallest absolute Gasteiger partial charge is 0.267 e. The van der Waals surface area contributed by atoms with Crippen LogP contribution in [0.5, 0.6) is 0 Å². The molecule has 27 heavy (non-hydrogen) atoms. The van der Waals surface area contributed by atoms with E-state index < -0.39 is 0 Å². The minimum absolute atomic E-state index is 0.0115. The van der Waals surface area contributed by atoms with Crippen molar-refractivity contribution in [2.45, 2.75) is 19.9 Å². The highest BCUT2D eigenvalue weighted by Gasteiger charge is 2.15. The first-order valence-corrected chi connectivity index (χ1v) is 8.94. The lowest BCUT2D eigenvalue weighted by Crippen LogP contribution is -2.23. The molecule has 4 rings (SSSR count). The number of hydrogen-bond acceptors (Lipinski definition) is 3. The average molecular weight is 356 g/mol. The molecular weight excluding hydrogens is 336 g/mol. The fourth-order valence-electron chi connectivity index (χ4n) is 3.06. The van der Waals surface area contributed by atoms with E-state index in [-0.39, 0.29) is 11.6 Å². The molecule has 0 fully saturated rings. The van der Waals surface area contributed by atoms with Crippen LogP contribution in [-0.2, 0) is 0 Å². The topological polar surface area (TPSA) is 52.2 Å². The molecule has 1 aromatic carbocycles. The minimum atomic E-state index is -0.105. The molecule has 0 aliphatic rings. The fourth-order valence-corrected chi connectivity index (χ4v) is 3.06. The summed E-state index contributed by atoms with van der Waals surface area (Å²) in [6.45, 7) is 3.90. The summed E-state index contributed by atoms with van der Waals surface area (Å²) >= 11 is 0. The normalized spacial score (nSPS) is 11.7. The SMILES string of the molecule is CC(C)n1nc(-c2c(/C=C/c3ccccc3)nn3ccccc23)ccc1=O. The second-order valence-electron chi connectivity index (χ2n) is 6.63. The van der Waals surface area contributed by atoms with Crippen LogP contribution in [-0.4, -0.2) is 19.4 Å². The standard InChI is InChI=1S/C22H20N4O/c1-16(2)26-21(27)14-13-19(24-26)22-18(12-11-17-8-4-3-5-9-17)23-25-15-7-6-10-20(22)25/h3-16H,1-2H3/b12-11+. The van der Waals surface area contributed by atoms with Crippen LogP contribution in [0.2, 0.25) is 0 Å². The number of aromatic nitrogens is 4. The van der Waals surface area contributed by atoms with Crippen LogP contribution < -0.4 is 5.56 Å². The Hall–Kier alpha value is -3.47. The zero-order chi connectivity index (χ0) is 18.8. The molecule has 4 aromatic rings. The van der Waals surface area contributed by atoms with Crippen LogP contribution in [0.1, 0.15) is 31.1 Å². The first kappa shape index (κ1) is 17.0. The van der Waals surface area contributed by atoms with Crippen LogP contribution in [0.15, 0.2) is 71.7 Å². The van der Waals surface area contributed by atoms with Crippen molar-refractivity contribution in [2.75, 3.05) is 0 Å². The average Bonchev–Trinajstić information content (AvgIpc) is 3.06. The molecule has 3 heterocycles. The van der Waals surface area contributed by atoms with Gasteiger partial charge in [-0.2, -0.15) is 10.2 Å². The molecule has 0 radical (unpaired) electrons. The molecule has 0 spiro atoms. The number of pyridine rings is 1. The summed E-state index contributed by atoms with van der Waals surface area (Å²) in [5.74, 6) is 0. The third-order valence-corrected chi connectivity index (χ3v) is 4.37. The highest BCUT2D eigenvalue weighted by molar-refractivity contribution is 5.87. The molecule has 0 saturated carbocycles. The van der Waals surface area contributed by atoms with Crippen molar-refractivity contribution in [1.82, 2.24) is 19.4 Å². The molecular formula is C22H20N4O. The van der Waals surface area contributed by atoms with Gasteiger partial charge in [-0.15, -0.1) is 0 Å². The van der Waals surface area contributed by atoms with Gasteiger partial charge in [0.15, 0.2) is 0 Å². The summed E-state index contributed by atoms with van der Waals surface area (Å²) in [5.41, 5.74) is 4.40. The van der Waals surface area contributed by atoms with E-state index in [1.54, 1.807) is 12.1 Å². The van der Waals surface area contributed by atoms with Gasteiger partial charge in [0, 0.05) is 12.3 Å². The van der Waals surface area contributed by atoms with Crippen molar-refractivity contribution in [1.29, 1.82) is 0 Å². The van der Waals surface area contributed by atoms with E-state index in [1.165, 1.54) is 4.68 Å². The van der Waals surface area contributed by atoms with E-state index >= 15 is 0 Å². The molecule has 5 heteroatoms. The first-order valence-electron chi connectivity index (χ1n) is 8.94. The number of benzene rings is 1. The molecule has 134 valence electrons. The Morgan fingerprint density at radius 1 is 0.889 bits per heavy atom. The van der Waals surface area contributed by atoms with Gasteiger partial charge in [-0.25, -0.2) is 9.20 Å². The number of rotatable bonds is 4. The largest absolute Gasteiger partial charge is 0.268 e. The number of hydrogen-bond donors (Lipinski definition) is 0. The van der Waals surface area contributed by atoms with Crippen molar-refractivity contribution in [2.24, 2.45) is 0 Å². The quantitative estimate of drug-likeness (QED) is 0.547. The van der Waals surface area contributed by atoms with E-state index in [0.29, 0.717) is 0 Å². The van der Waals surface area contributed by atoms with E-state index in [1.807, 2.05) is 85.2 Å². The first-order chi connectivity index (χ1) is 13.1. The molecule has 0 amide bonds. The lowest BCUT2D eigenvalue weighted by molar-refractivity contribution is 0.505. The van der Waals surface area contributed by atoms with Gasteiger partial charge in [0.05, 0.1) is 28.5 Å². The molecule has 0 aliphatic heterocycles. The monoisotopic (exact) mass is 356 g/mol. The third kappa shape index (κ3) is 3.31. The fraction of sp³-hybridized carbons (Fsp3) is 0.136. The van der Waals surface area contributed by atoms with Crippen LogP contribution >= 0.6 is 0 Å². The zero-order valence-corrected chi connectivity index (χ0v) is 15.3. The Kier molecular flexibility index (Phi) is 4.42. The molecule has 0 unspecified atom stereocenters. The maximum Gasteiger partial charge on any atom is 0.267 e. The van der Waals surface area contributed by atoms with Gasteiger partial charge in [-0.3, -0.25) is 4.79 Å². The Morgan fingerprint density at radius 2 is 1.67 bits per heavy atom. The maximum absolute atomic E-state index is 12.1. The van der Waals surface area contributed by atoms with E-state index in [9.17, 15) is 4.79 Å². The lowest BCUT2D eigenvalue weighted by Gasteiger charge is -2.09. The predicted octanol–water partition coefficient (Wildman–Crippen LogP) is 4.31. The molecule has 0 bridgehead atoms. The van der Waals surface area contributed by atoms with E-state index in [2.05, 4.69) is 5.10 Å². The Morgan fingerprint density at radius 3 is 2.44 bits per heavy atom. The van der Waals surface area contributed by atoms with Gasteiger partial charge in [0.2, 0.25) is 0 Å². The van der Waals surface area contributed by atoms with Gasteiger partial charge in [0.25, 0.3) is 5.56 Å².